The van der Waals surface area contributed by atoms with Crippen LogP contribution in [0.25, 0.3) is 0 Å². The van der Waals surface area contributed by atoms with E-state index in [2.05, 4.69) is 57.9 Å². The summed E-state index contributed by atoms with van der Waals surface area (Å²) in [7, 11) is 0. The van der Waals surface area contributed by atoms with Crippen LogP contribution >= 0.6 is 0 Å². The molecule has 6 heteroatoms. The van der Waals surface area contributed by atoms with Crippen molar-refractivity contribution in [3.05, 3.63) is 46.5 Å². The van der Waals surface area contributed by atoms with Gasteiger partial charge in [-0.3, -0.25) is 19.4 Å². The van der Waals surface area contributed by atoms with Crippen molar-refractivity contribution < 1.29 is 4.79 Å². The second-order valence-corrected chi connectivity index (χ2v) is 7.09. The van der Waals surface area contributed by atoms with Gasteiger partial charge in [-0.25, -0.2) is 0 Å². The van der Waals surface area contributed by atoms with E-state index < -0.39 is 0 Å². The fourth-order valence-corrected chi connectivity index (χ4v) is 3.79. The van der Waals surface area contributed by atoms with Crippen molar-refractivity contribution in [1.82, 2.24) is 25.0 Å². The van der Waals surface area contributed by atoms with E-state index in [1.165, 1.54) is 24.6 Å². The predicted octanol–water partition coefficient (Wildman–Crippen LogP) is 2.89. The molecule has 1 amide bonds. The topological polar surface area (TPSA) is 63.1 Å². The molecule has 0 saturated carbocycles. The van der Waals surface area contributed by atoms with Crippen molar-refractivity contribution in [3.8, 4) is 0 Å². The summed E-state index contributed by atoms with van der Waals surface area (Å²) in [6, 6.07) is 4.53. The van der Waals surface area contributed by atoms with Crippen molar-refractivity contribution >= 4 is 5.91 Å². The summed E-state index contributed by atoms with van der Waals surface area (Å²) in [6.45, 7) is 11.4. The molecule has 26 heavy (non-hydrogen) atoms. The molecule has 1 fully saturated rings. The van der Waals surface area contributed by atoms with Gasteiger partial charge in [0.1, 0.15) is 0 Å². The molecular weight excluding hydrogens is 326 g/mol. The number of amides is 1. The Morgan fingerprint density at radius 1 is 1.35 bits per heavy atom. The Morgan fingerprint density at radius 2 is 2.15 bits per heavy atom. The first-order valence-electron chi connectivity index (χ1n) is 9.45. The zero-order valence-electron chi connectivity index (χ0n) is 16.2. The normalized spacial score (nSPS) is 17.6. The average molecular weight is 355 g/mol. The summed E-state index contributed by atoms with van der Waals surface area (Å²) in [5, 5.41) is 7.47. The van der Waals surface area contributed by atoms with Crippen LogP contribution in [0.15, 0.2) is 18.3 Å². The molecule has 2 aromatic heterocycles. The minimum atomic E-state index is -0.0191. The Labute approximate surface area is 155 Å². The van der Waals surface area contributed by atoms with Crippen molar-refractivity contribution in [2.24, 2.45) is 0 Å². The van der Waals surface area contributed by atoms with Gasteiger partial charge in [-0.05, 0) is 51.8 Å². The van der Waals surface area contributed by atoms with E-state index in [9.17, 15) is 4.79 Å². The molecule has 140 valence electrons. The van der Waals surface area contributed by atoms with Crippen molar-refractivity contribution in [3.63, 3.8) is 0 Å². The Bertz CT molecular complexity index is 765. The molecule has 0 bridgehead atoms. The quantitative estimate of drug-likeness (QED) is 0.865. The first-order valence-corrected chi connectivity index (χ1v) is 9.45. The molecule has 1 aliphatic rings. The lowest BCUT2D eigenvalue weighted by atomic mass is 10.1. The van der Waals surface area contributed by atoms with Crippen molar-refractivity contribution in [2.75, 3.05) is 6.54 Å². The van der Waals surface area contributed by atoms with Crippen LogP contribution in [0.4, 0.5) is 0 Å². The highest BCUT2D eigenvalue weighted by Gasteiger charge is 2.28. The summed E-state index contributed by atoms with van der Waals surface area (Å²) in [5.41, 5.74) is 5.90. The maximum atomic E-state index is 11.0. The predicted molar refractivity (Wildman–Crippen MR) is 102 cm³/mol. The largest absolute Gasteiger partial charge is 0.352 e. The van der Waals surface area contributed by atoms with E-state index >= 15 is 0 Å². The third-order valence-electron chi connectivity index (χ3n) is 5.29. The lowest BCUT2D eigenvalue weighted by Gasteiger charge is -2.24. The van der Waals surface area contributed by atoms with Crippen molar-refractivity contribution in [2.45, 2.75) is 66.2 Å². The molecule has 0 aliphatic carbocycles. The van der Waals surface area contributed by atoms with Gasteiger partial charge in [-0.1, -0.05) is 6.07 Å². The second kappa shape index (κ2) is 7.99. The molecule has 3 heterocycles. The van der Waals surface area contributed by atoms with Crippen LogP contribution in [-0.4, -0.2) is 32.1 Å². The smallest absolute Gasteiger partial charge is 0.217 e. The minimum Gasteiger partial charge on any atom is -0.352 e. The van der Waals surface area contributed by atoms with Gasteiger partial charge in [0.05, 0.1) is 17.4 Å². The molecule has 1 N–H and O–H groups in total. The first kappa shape index (κ1) is 18.6. The maximum absolute atomic E-state index is 11.0. The molecule has 2 aromatic rings. The van der Waals surface area contributed by atoms with E-state index in [0.29, 0.717) is 12.6 Å². The Kier molecular flexibility index (Phi) is 5.71. The molecule has 1 atom stereocenters. The number of aryl methyl sites for hydroxylation is 2. The lowest BCUT2D eigenvalue weighted by molar-refractivity contribution is -0.119. The van der Waals surface area contributed by atoms with E-state index in [1.54, 1.807) is 0 Å². The third-order valence-corrected chi connectivity index (χ3v) is 5.29. The first-order chi connectivity index (χ1) is 12.5. The van der Waals surface area contributed by atoms with Gasteiger partial charge in [0.25, 0.3) is 0 Å². The Balaban J connectivity index is 1.72. The highest BCUT2D eigenvalue weighted by atomic mass is 16.1. The van der Waals surface area contributed by atoms with E-state index in [4.69, 9.17) is 0 Å². The highest BCUT2D eigenvalue weighted by Crippen LogP contribution is 2.33. The molecule has 1 saturated heterocycles. The van der Waals surface area contributed by atoms with Gasteiger partial charge in [0.2, 0.25) is 5.91 Å². The van der Waals surface area contributed by atoms with E-state index in [0.717, 1.165) is 43.0 Å². The summed E-state index contributed by atoms with van der Waals surface area (Å²) in [5.74, 6) is -0.0191. The number of aromatic nitrogens is 3. The minimum absolute atomic E-state index is 0.0191. The SMILES string of the molecule is CCn1nc(C)c(CN2CCCC2c2ccc(CNC(C)=O)cn2)c1C. The summed E-state index contributed by atoms with van der Waals surface area (Å²) < 4.78 is 2.09. The zero-order valence-corrected chi connectivity index (χ0v) is 16.2. The molecule has 6 nitrogen and oxygen atoms in total. The van der Waals surface area contributed by atoms with Crippen LogP contribution in [0.5, 0.6) is 0 Å². The van der Waals surface area contributed by atoms with Crippen LogP contribution in [0.3, 0.4) is 0 Å². The third kappa shape index (κ3) is 3.96. The van der Waals surface area contributed by atoms with Crippen LogP contribution in [0, 0.1) is 13.8 Å². The monoisotopic (exact) mass is 355 g/mol. The summed E-state index contributed by atoms with van der Waals surface area (Å²) in [6.07, 6.45) is 4.21. The Morgan fingerprint density at radius 3 is 2.77 bits per heavy atom. The second-order valence-electron chi connectivity index (χ2n) is 7.09. The maximum Gasteiger partial charge on any atom is 0.217 e. The number of hydrogen-bond acceptors (Lipinski definition) is 4. The number of carbonyl (C=O) groups is 1. The molecule has 1 unspecified atom stereocenters. The van der Waals surface area contributed by atoms with Crippen molar-refractivity contribution in [1.29, 1.82) is 0 Å². The van der Waals surface area contributed by atoms with E-state index in [-0.39, 0.29) is 5.91 Å². The standard InChI is InChI=1S/C20H29N5O/c1-5-25-15(3)18(14(2)23-25)13-24-10-6-7-20(24)19-9-8-17(12-22-19)11-21-16(4)26/h8-9,12,20H,5-7,10-11,13H2,1-4H3,(H,21,26). The fraction of sp³-hybridized carbons (Fsp3) is 0.550. The number of carbonyl (C=O) groups excluding carboxylic acids is 1. The molecule has 0 spiro atoms. The molecule has 3 rings (SSSR count). The number of rotatable bonds is 6. The highest BCUT2D eigenvalue weighted by molar-refractivity contribution is 5.72. The fourth-order valence-electron chi connectivity index (χ4n) is 3.79. The number of pyridine rings is 1. The summed E-state index contributed by atoms with van der Waals surface area (Å²) in [4.78, 5) is 18.2. The van der Waals surface area contributed by atoms with Gasteiger partial charge in [-0.15, -0.1) is 0 Å². The van der Waals surface area contributed by atoms with Crippen LogP contribution in [0.1, 0.15) is 60.9 Å². The van der Waals surface area contributed by atoms with Crippen LogP contribution in [0.2, 0.25) is 0 Å². The van der Waals surface area contributed by atoms with Gasteiger partial charge in [-0.2, -0.15) is 5.10 Å². The average Bonchev–Trinajstić information content (AvgIpc) is 3.20. The molecule has 0 aromatic carbocycles. The number of nitrogens with zero attached hydrogens (tertiary/aromatic N) is 4. The van der Waals surface area contributed by atoms with Gasteiger partial charge < -0.3 is 5.32 Å². The van der Waals surface area contributed by atoms with E-state index in [1.807, 2.05) is 6.20 Å². The lowest BCUT2D eigenvalue weighted by Crippen LogP contribution is -2.24. The molecule has 1 aliphatic heterocycles. The summed E-state index contributed by atoms with van der Waals surface area (Å²) >= 11 is 0. The molecule has 0 radical (unpaired) electrons. The van der Waals surface area contributed by atoms with Crippen LogP contribution in [-0.2, 0) is 24.4 Å². The zero-order chi connectivity index (χ0) is 18.7. The molecular formula is C20H29N5O. The van der Waals surface area contributed by atoms with Gasteiger partial charge >= 0.3 is 0 Å². The van der Waals surface area contributed by atoms with Gasteiger partial charge in [0, 0.05) is 44.0 Å². The van der Waals surface area contributed by atoms with Crippen LogP contribution < -0.4 is 5.32 Å². The number of likely N-dealkylation sites (tertiary alicyclic amines) is 1. The number of nitrogens with one attached hydrogen (secondary N) is 1. The number of hydrogen-bond donors (Lipinski definition) is 1. The van der Waals surface area contributed by atoms with Gasteiger partial charge in [0.15, 0.2) is 0 Å². The Hall–Kier alpha value is -2.21.